The first-order valence-electron chi connectivity index (χ1n) is 6.96. The summed E-state index contributed by atoms with van der Waals surface area (Å²) in [7, 11) is 0. The molecule has 18 heavy (non-hydrogen) atoms. The van der Waals surface area contributed by atoms with Gasteiger partial charge in [-0.05, 0) is 63.0 Å². The molecule has 0 aromatic carbocycles. The van der Waals surface area contributed by atoms with Gasteiger partial charge in [-0.25, -0.2) is 0 Å². The number of fused-ring (bicyclic) bond motifs is 1. The summed E-state index contributed by atoms with van der Waals surface area (Å²) in [6, 6.07) is 0. The standard InChI is InChI=1S/C15H26O3/c1-9-11(16)6-8-15(4)7-5-10(14(2,3)18)13(17)12(9)15/h10-11,13,16-18H,5-8H2,1-4H3. The molecule has 0 spiro atoms. The van der Waals surface area contributed by atoms with Crippen molar-refractivity contribution in [2.24, 2.45) is 11.3 Å². The number of hydrogen-bond donors (Lipinski definition) is 3. The number of hydrogen-bond acceptors (Lipinski definition) is 3. The number of aliphatic hydroxyl groups excluding tert-OH is 2. The summed E-state index contributed by atoms with van der Waals surface area (Å²) in [5, 5.41) is 30.8. The van der Waals surface area contributed by atoms with Crippen molar-refractivity contribution in [1.29, 1.82) is 0 Å². The molecule has 3 nitrogen and oxygen atoms in total. The van der Waals surface area contributed by atoms with Gasteiger partial charge >= 0.3 is 0 Å². The summed E-state index contributed by atoms with van der Waals surface area (Å²) in [6.45, 7) is 7.63. The maximum absolute atomic E-state index is 10.6. The quantitative estimate of drug-likeness (QED) is 0.627. The molecule has 1 fully saturated rings. The fraction of sp³-hybridized carbons (Fsp3) is 0.867. The monoisotopic (exact) mass is 254 g/mol. The Hall–Kier alpha value is -0.380. The molecule has 0 aliphatic heterocycles. The molecule has 1 saturated carbocycles. The molecule has 0 saturated heterocycles. The van der Waals surface area contributed by atoms with Crippen LogP contribution in [0.5, 0.6) is 0 Å². The lowest BCUT2D eigenvalue weighted by Crippen LogP contribution is -2.49. The largest absolute Gasteiger partial charge is 0.390 e. The zero-order valence-electron chi connectivity index (χ0n) is 11.9. The van der Waals surface area contributed by atoms with E-state index in [1.807, 2.05) is 6.92 Å². The van der Waals surface area contributed by atoms with Crippen molar-refractivity contribution < 1.29 is 15.3 Å². The highest BCUT2D eigenvalue weighted by atomic mass is 16.3. The Bertz CT molecular complexity index is 366. The normalized spacial score (nSPS) is 41.8. The molecule has 0 aromatic heterocycles. The second kappa shape index (κ2) is 4.32. The van der Waals surface area contributed by atoms with Crippen LogP contribution < -0.4 is 0 Å². The van der Waals surface area contributed by atoms with Crippen LogP contribution >= 0.6 is 0 Å². The third kappa shape index (κ3) is 2.13. The molecule has 0 radical (unpaired) electrons. The Morgan fingerprint density at radius 3 is 2.28 bits per heavy atom. The van der Waals surface area contributed by atoms with Gasteiger partial charge in [-0.3, -0.25) is 0 Å². The minimum atomic E-state index is -0.879. The Morgan fingerprint density at radius 2 is 1.72 bits per heavy atom. The second-order valence-corrected chi connectivity index (χ2v) is 6.96. The molecule has 4 unspecified atom stereocenters. The highest BCUT2D eigenvalue weighted by Crippen LogP contribution is 2.52. The summed E-state index contributed by atoms with van der Waals surface area (Å²) in [6.07, 6.45) is 2.48. The summed E-state index contributed by atoms with van der Waals surface area (Å²) in [5.74, 6) is -0.138. The van der Waals surface area contributed by atoms with Gasteiger partial charge in [-0.15, -0.1) is 0 Å². The van der Waals surface area contributed by atoms with E-state index in [4.69, 9.17) is 0 Å². The van der Waals surface area contributed by atoms with Crippen LogP contribution in [0.25, 0.3) is 0 Å². The van der Waals surface area contributed by atoms with Crippen LogP contribution in [0.1, 0.15) is 53.4 Å². The second-order valence-electron chi connectivity index (χ2n) is 6.96. The van der Waals surface area contributed by atoms with Crippen LogP contribution in [0, 0.1) is 11.3 Å². The highest BCUT2D eigenvalue weighted by Gasteiger charge is 2.48. The average Bonchev–Trinajstić information content (AvgIpc) is 2.22. The molecule has 0 heterocycles. The van der Waals surface area contributed by atoms with Gasteiger partial charge in [0.1, 0.15) is 0 Å². The minimum absolute atomic E-state index is 0.00444. The lowest BCUT2D eigenvalue weighted by molar-refractivity contribution is -0.0669. The van der Waals surface area contributed by atoms with Gasteiger partial charge in [0.05, 0.1) is 17.8 Å². The van der Waals surface area contributed by atoms with Gasteiger partial charge in [-0.2, -0.15) is 0 Å². The molecule has 0 bridgehead atoms. The Labute approximate surface area is 110 Å². The fourth-order valence-electron chi connectivity index (χ4n) is 3.88. The molecule has 104 valence electrons. The molecule has 2 aliphatic carbocycles. The number of rotatable bonds is 1. The van der Waals surface area contributed by atoms with Gasteiger partial charge in [-0.1, -0.05) is 6.92 Å². The van der Waals surface area contributed by atoms with Crippen LogP contribution in [0.4, 0.5) is 0 Å². The van der Waals surface area contributed by atoms with E-state index in [0.717, 1.165) is 36.8 Å². The maximum atomic E-state index is 10.6. The van der Waals surface area contributed by atoms with Gasteiger partial charge in [0.2, 0.25) is 0 Å². The summed E-state index contributed by atoms with van der Waals surface area (Å²) in [4.78, 5) is 0. The SMILES string of the molecule is CC1=C2C(O)C(C(C)(C)O)CCC2(C)CCC1O. The third-order valence-corrected chi connectivity index (χ3v) is 5.14. The zero-order chi connectivity index (χ0) is 13.7. The highest BCUT2D eigenvalue weighted by molar-refractivity contribution is 5.32. The molecule has 0 aromatic rings. The maximum Gasteiger partial charge on any atom is 0.0814 e. The van der Waals surface area contributed by atoms with Crippen molar-refractivity contribution in [2.75, 3.05) is 0 Å². The molecule has 3 N–H and O–H groups in total. The molecule has 4 atom stereocenters. The van der Waals surface area contributed by atoms with E-state index in [0.29, 0.717) is 0 Å². The molecular weight excluding hydrogens is 228 g/mol. The lowest BCUT2D eigenvalue weighted by atomic mass is 9.58. The fourth-order valence-corrected chi connectivity index (χ4v) is 3.88. The van der Waals surface area contributed by atoms with Gasteiger partial charge in [0.25, 0.3) is 0 Å². The van der Waals surface area contributed by atoms with Crippen LogP contribution in [-0.4, -0.2) is 33.1 Å². The predicted octanol–water partition coefficient (Wildman–Crippen LogP) is 2.01. The van der Waals surface area contributed by atoms with E-state index in [-0.39, 0.29) is 11.3 Å². The van der Waals surface area contributed by atoms with Crippen LogP contribution in [-0.2, 0) is 0 Å². The zero-order valence-corrected chi connectivity index (χ0v) is 11.9. The van der Waals surface area contributed by atoms with E-state index < -0.39 is 17.8 Å². The summed E-state index contributed by atoms with van der Waals surface area (Å²) >= 11 is 0. The Balaban J connectivity index is 2.41. The first-order chi connectivity index (χ1) is 8.17. The predicted molar refractivity (Wildman–Crippen MR) is 71.1 cm³/mol. The van der Waals surface area contributed by atoms with E-state index in [9.17, 15) is 15.3 Å². The van der Waals surface area contributed by atoms with Crippen molar-refractivity contribution in [3.8, 4) is 0 Å². The Kier molecular flexibility index (Phi) is 3.37. The smallest absolute Gasteiger partial charge is 0.0814 e. The van der Waals surface area contributed by atoms with Crippen LogP contribution in [0.2, 0.25) is 0 Å². The molecular formula is C15H26O3. The molecule has 2 aliphatic rings. The van der Waals surface area contributed by atoms with Crippen molar-refractivity contribution in [1.82, 2.24) is 0 Å². The van der Waals surface area contributed by atoms with Crippen molar-refractivity contribution in [2.45, 2.75) is 71.2 Å². The van der Waals surface area contributed by atoms with E-state index in [2.05, 4.69) is 6.92 Å². The van der Waals surface area contributed by atoms with E-state index in [1.165, 1.54) is 0 Å². The molecule has 0 amide bonds. The molecule has 2 rings (SSSR count). The van der Waals surface area contributed by atoms with E-state index >= 15 is 0 Å². The summed E-state index contributed by atoms with van der Waals surface area (Å²) < 4.78 is 0. The topological polar surface area (TPSA) is 60.7 Å². The summed E-state index contributed by atoms with van der Waals surface area (Å²) in [5.41, 5.74) is 1.03. The third-order valence-electron chi connectivity index (χ3n) is 5.14. The first-order valence-corrected chi connectivity index (χ1v) is 6.96. The minimum Gasteiger partial charge on any atom is -0.390 e. The van der Waals surface area contributed by atoms with E-state index in [1.54, 1.807) is 13.8 Å². The first kappa shape index (κ1) is 14.0. The van der Waals surface area contributed by atoms with Crippen LogP contribution in [0.3, 0.4) is 0 Å². The van der Waals surface area contributed by atoms with Crippen molar-refractivity contribution in [3.05, 3.63) is 11.1 Å². The number of aliphatic hydroxyl groups is 3. The molecule has 3 heteroatoms. The van der Waals surface area contributed by atoms with Crippen molar-refractivity contribution >= 4 is 0 Å². The lowest BCUT2D eigenvalue weighted by Gasteiger charge is -2.50. The van der Waals surface area contributed by atoms with Gasteiger partial charge < -0.3 is 15.3 Å². The Morgan fingerprint density at radius 1 is 1.17 bits per heavy atom. The van der Waals surface area contributed by atoms with Gasteiger partial charge in [0.15, 0.2) is 0 Å². The van der Waals surface area contributed by atoms with Gasteiger partial charge in [0, 0.05) is 5.92 Å². The van der Waals surface area contributed by atoms with Crippen molar-refractivity contribution in [3.63, 3.8) is 0 Å². The van der Waals surface area contributed by atoms with Crippen LogP contribution in [0.15, 0.2) is 11.1 Å². The average molecular weight is 254 g/mol.